The van der Waals surface area contributed by atoms with Crippen LogP contribution in [0.1, 0.15) is 33.6 Å². The maximum atomic E-state index is 12.7. The zero-order valence-electron chi connectivity index (χ0n) is 14.4. The lowest BCUT2D eigenvalue weighted by Crippen LogP contribution is -2.45. The number of nitrogens with zero attached hydrogens (tertiary/aromatic N) is 2. The molecule has 25 heavy (non-hydrogen) atoms. The van der Waals surface area contributed by atoms with E-state index in [2.05, 4.69) is 0 Å². The largest absolute Gasteiger partial charge is 0.337 e. The van der Waals surface area contributed by atoms with E-state index in [1.807, 2.05) is 30.3 Å². The second-order valence-electron chi connectivity index (χ2n) is 6.43. The van der Waals surface area contributed by atoms with Crippen LogP contribution in [-0.4, -0.2) is 42.9 Å². The Morgan fingerprint density at radius 1 is 1.08 bits per heavy atom. The monoisotopic (exact) mass is 337 g/mol. The molecule has 2 aromatic rings. The molecule has 1 fully saturated rings. The van der Waals surface area contributed by atoms with Gasteiger partial charge in [-0.1, -0.05) is 24.3 Å². The summed E-state index contributed by atoms with van der Waals surface area (Å²) >= 11 is 0. The molecular weight excluding hydrogens is 314 g/mol. The minimum atomic E-state index is -0.142. The van der Waals surface area contributed by atoms with Gasteiger partial charge in [0.25, 0.3) is 11.8 Å². The molecule has 0 radical (unpaired) electrons. The number of para-hydroxylation sites is 1. The van der Waals surface area contributed by atoms with Gasteiger partial charge in [-0.2, -0.15) is 0 Å². The molecule has 1 saturated heterocycles. The quantitative estimate of drug-likeness (QED) is 0.936. The van der Waals surface area contributed by atoms with Gasteiger partial charge < -0.3 is 15.5 Å². The Kier molecular flexibility index (Phi) is 5.14. The second kappa shape index (κ2) is 7.49. The molecule has 3 rings (SSSR count). The smallest absolute Gasteiger partial charge is 0.258 e. The van der Waals surface area contributed by atoms with Gasteiger partial charge in [0.15, 0.2) is 0 Å². The number of rotatable bonds is 3. The number of piperidine rings is 1. The fraction of sp³-hybridized carbons (Fsp3) is 0.300. The molecule has 2 amide bonds. The number of hydrogen-bond acceptors (Lipinski definition) is 3. The summed E-state index contributed by atoms with van der Waals surface area (Å²) in [6.07, 6.45) is 1.87. The SMILES string of the molecule is CN(C(=O)c1cccc(C(=O)N2CCCC(N)C2)c1)c1ccccc1. The van der Waals surface area contributed by atoms with Gasteiger partial charge in [0, 0.05) is 43.0 Å². The first-order chi connectivity index (χ1) is 12.1. The lowest BCUT2D eigenvalue weighted by Gasteiger charge is -2.31. The first kappa shape index (κ1) is 17.2. The average molecular weight is 337 g/mol. The summed E-state index contributed by atoms with van der Waals surface area (Å²) in [6.45, 7) is 1.29. The average Bonchev–Trinajstić information content (AvgIpc) is 2.67. The summed E-state index contributed by atoms with van der Waals surface area (Å²) in [5, 5.41) is 0. The Balaban J connectivity index is 1.79. The van der Waals surface area contributed by atoms with Crippen molar-refractivity contribution < 1.29 is 9.59 Å². The van der Waals surface area contributed by atoms with Crippen LogP contribution in [0, 0.1) is 0 Å². The summed E-state index contributed by atoms with van der Waals surface area (Å²) in [5.41, 5.74) is 7.81. The van der Waals surface area contributed by atoms with Gasteiger partial charge in [-0.3, -0.25) is 9.59 Å². The molecule has 0 aromatic heterocycles. The number of carbonyl (C=O) groups is 2. The third-order valence-corrected chi connectivity index (χ3v) is 4.55. The van der Waals surface area contributed by atoms with Crippen LogP contribution in [0.25, 0.3) is 0 Å². The van der Waals surface area contributed by atoms with Gasteiger partial charge in [0.05, 0.1) is 0 Å². The van der Waals surface area contributed by atoms with Crippen LogP contribution in [0.3, 0.4) is 0 Å². The first-order valence-corrected chi connectivity index (χ1v) is 8.54. The van der Waals surface area contributed by atoms with Gasteiger partial charge in [-0.15, -0.1) is 0 Å². The maximum Gasteiger partial charge on any atom is 0.258 e. The second-order valence-corrected chi connectivity index (χ2v) is 6.43. The Bertz CT molecular complexity index is 761. The number of amides is 2. The van der Waals surface area contributed by atoms with Gasteiger partial charge in [-0.05, 0) is 43.2 Å². The third kappa shape index (κ3) is 3.88. The van der Waals surface area contributed by atoms with Gasteiger partial charge in [-0.25, -0.2) is 0 Å². The minimum Gasteiger partial charge on any atom is -0.337 e. The molecule has 2 aromatic carbocycles. The molecule has 5 nitrogen and oxygen atoms in total. The van der Waals surface area contributed by atoms with Crippen molar-refractivity contribution in [2.45, 2.75) is 18.9 Å². The van der Waals surface area contributed by atoms with E-state index in [-0.39, 0.29) is 17.9 Å². The standard InChI is InChI=1S/C20H23N3O2/c1-22(18-10-3-2-4-11-18)19(24)15-7-5-8-16(13-15)20(25)23-12-6-9-17(21)14-23/h2-5,7-8,10-11,13,17H,6,9,12,14,21H2,1H3. The topological polar surface area (TPSA) is 66.6 Å². The highest BCUT2D eigenvalue weighted by atomic mass is 16.2. The van der Waals surface area contributed by atoms with Crippen LogP contribution >= 0.6 is 0 Å². The van der Waals surface area contributed by atoms with E-state index in [4.69, 9.17) is 5.73 Å². The molecule has 1 heterocycles. The van der Waals surface area contributed by atoms with Crippen molar-refractivity contribution in [3.8, 4) is 0 Å². The third-order valence-electron chi connectivity index (χ3n) is 4.55. The fourth-order valence-corrected chi connectivity index (χ4v) is 3.12. The van der Waals surface area contributed by atoms with E-state index in [1.54, 1.807) is 41.1 Å². The summed E-state index contributed by atoms with van der Waals surface area (Å²) in [4.78, 5) is 28.8. The lowest BCUT2D eigenvalue weighted by atomic mass is 10.0. The van der Waals surface area contributed by atoms with Crippen LogP contribution in [0.2, 0.25) is 0 Å². The van der Waals surface area contributed by atoms with Gasteiger partial charge >= 0.3 is 0 Å². The molecule has 1 aliphatic heterocycles. The molecule has 0 saturated carbocycles. The summed E-state index contributed by atoms with van der Waals surface area (Å²) in [7, 11) is 1.73. The highest BCUT2D eigenvalue weighted by molar-refractivity contribution is 6.07. The van der Waals surface area contributed by atoms with Crippen molar-refractivity contribution in [3.05, 3.63) is 65.7 Å². The van der Waals surface area contributed by atoms with E-state index in [1.165, 1.54) is 0 Å². The molecule has 1 atom stereocenters. The summed E-state index contributed by atoms with van der Waals surface area (Å²) in [6, 6.07) is 16.4. The van der Waals surface area contributed by atoms with E-state index in [0.29, 0.717) is 24.2 Å². The number of benzene rings is 2. The van der Waals surface area contributed by atoms with E-state index < -0.39 is 0 Å². The van der Waals surface area contributed by atoms with E-state index >= 15 is 0 Å². The zero-order chi connectivity index (χ0) is 17.8. The first-order valence-electron chi connectivity index (χ1n) is 8.54. The number of carbonyl (C=O) groups excluding carboxylic acids is 2. The number of likely N-dealkylation sites (tertiary alicyclic amines) is 1. The van der Waals surface area contributed by atoms with Crippen molar-refractivity contribution in [2.75, 3.05) is 25.0 Å². The summed E-state index contributed by atoms with van der Waals surface area (Å²) in [5.74, 6) is -0.205. The Hall–Kier alpha value is -2.66. The molecule has 0 bridgehead atoms. The van der Waals surface area contributed by atoms with Crippen molar-refractivity contribution in [2.24, 2.45) is 5.73 Å². The van der Waals surface area contributed by atoms with Crippen molar-refractivity contribution >= 4 is 17.5 Å². The van der Waals surface area contributed by atoms with Crippen LogP contribution in [0.5, 0.6) is 0 Å². The summed E-state index contributed by atoms with van der Waals surface area (Å²) < 4.78 is 0. The Labute approximate surface area is 148 Å². The normalized spacial score (nSPS) is 17.2. The minimum absolute atomic E-state index is 0.0340. The predicted molar refractivity (Wildman–Crippen MR) is 98.7 cm³/mol. The molecule has 1 aliphatic rings. The fourth-order valence-electron chi connectivity index (χ4n) is 3.12. The van der Waals surface area contributed by atoms with Crippen molar-refractivity contribution in [3.63, 3.8) is 0 Å². The molecule has 2 N–H and O–H groups in total. The van der Waals surface area contributed by atoms with Crippen LogP contribution in [0.15, 0.2) is 54.6 Å². The van der Waals surface area contributed by atoms with Gasteiger partial charge in [0.2, 0.25) is 0 Å². The molecular formula is C20H23N3O2. The molecule has 0 aliphatic carbocycles. The highest BCUT2D eigenvalue weighted by Gasteiger charge is 2.23. The van der Waals surface area contributed by atoms with Crippen LogP contribution in [0.4, 0.5) is 5.69 Å². The highest BCUT2D eigenvalue weighted by Crippen LogP contribution is 2.17. The zero-order valence-corrected chi connectivity index (χ0v) is 14.4. The van der Waals surface area contributed by atoms with Crippen molar-refractivity contribution in [1.29, 1.82) is 0 Å². The Morgan fingerprint density at radius 3 is 2.52 bits per heavy atom. The molecule has 1 unspecified atom stereocenters. The molecule has 0 spiro atoms. The predicted octanol–water partition coefficient (Wildman–Crippen LogP) is 2.53. The maximum absolute atomic E-state index is 12.7. The van der Waals surface area contributed by atoms with E-state index in [9.17, 15) is 9.59 Å². The van der Waals surface area contributed by atoms with Gasteiger partial charge in [0.1, 0.15) is 0 Å². The lowest BCUT2D eigenvalue weighted by molar-refractivity contribution is 0.0709. The molecule has 5 heteroatoms. The number of anilines is 1. The van der Waals surface area contributed by atoms with Crippen LogP contribution < -0.4 is 10.6 Å². The Morgan fingerprint density at radius 2 is 1.80 bits per heavy atom. The number of nitrogens with two attached hydrogens (primary N) is 1. The molecule has 130 valence electrons. The van der Waals surface area contributed by atoms with Crippen LogP contribution in [-0.2, 0) is 0 Å². The van der Waals surface area contributed by atoms with E-state index in [0.717, 1.165) is 18.5 Å². The number of hydrogen-bond donors (Lipinski definition) is 1. The van der Waals surface area contributed by atoms with Crippen molar-refractivity contribution in [1.82, 2.24) is 4.90 Å².